The molecule has 3 nitrogen and oxygen atoms in total. The number of nitrogens with zero attached hydrogens (tertiary/aromatic N) is 2. The van der Waals surface area contributed by atoms with Crippen LogP contribution in [0.5, 0.6) is 5.75 Å². The Morgan fingerprint density at radius 2 is 1.51 bits per heavy atom. The normalized spacial score (nSPS) is 20.5. The van der Waals surface area contributed by atoms with E-state index in [-0.39, 0.29) is 19.5 Å². The Labute approximate surface area is 219 Å². The fourth-order valence-corrected chi connectivity index (χ4v) is 5.51. The number of fused-ring (bicyclic) bond motifs is 1. The smallest absolute Gasteiger partial charge is 0.406 e. The van der Waals surface area contributed by atoms with Crippen molar-refractivity contribution < 1.29 is 39.9 Å². The summed E-state index contributed by atoms with van der Waals surface area (Å²) in [5, 5.41) is 0. The summed E-state index contributed by atoms with van der Waals surface area (Å²) in [6.07, 6.45) is -10.2. The van der Waals surface area contributed by atoms with Crippen molar-refractivity contribution in [2.75, 3.05) is 36.0 Å². The van der Waals surface area contributed by atoms with E-state index in [0.29, 0.717) is 28.1 Å². The summed E-state index contributed by atoms with van der Waals surface area (Å²) in [6, 6.07) is 19.3. The van der Waals surface area contributed by atoms with Crippen LogP contribution in [-0.4, -0.2) is 44.6 Å². The Kier molecular flexibility index (Phi) is 6.67. The van der Waals surface area contributed by atoms with Gasteiger partial charge in [-0.2, -0.15) is 13.2 Å². The number of alkyl halides is 8. The van der Waals surface area contributed by atoms with Crippen LogP contribution in [0, 0.1) is 0 Å². The van der Waals surface area contributed by atoms with Gasteiger partial charge in [-0.3, -0.25) is 0 Å². The Bertz CT molecular complexity index is 1330. The van der Waals surface area contributed by atoms with Gasteiger partial charge in [-0.05, 0) is 53.4 Å². The van der Waals surface area contributed by atoms with Crippen LogP contribution in [0.15, 0.2) is 72.8 Å². The maximum absolute atomic E-state index is 13.5. The molecule has 3 aromatic carbocycles. The molecule has 11 heteroatoms. The molecule has 0 N–H and O–H groups in total. The van der Waals surface area contributed by atoms with Gasteiger partial charge in [0.2, 0.25) is 0 Å². The zero-order valence-electron chi connectivity index (χ0n) is 20.5. The molecule has 39 heavy (non-hydrogen) atoms. The standard InChI is InChI=1S/C28H24F8N2O/c29-26(30)17-38(18-26)21-7-3-5-19(13-21)15-25(20-6-4-8-22(14-20)39-28(34,35)36)16-37(12-11-27(31,32)33)24-10-2-1-9-23(24)25/h1-10,13-14H,11-12,15-18H2. The van der Waals surface area contributed by atoms with E-state index in [1.54, 1.807) is 59.5 Å². The van der Waals surface area contributed by atoms with Crippen LogP contribution in [0.4, 0.5) is 46.5 Å². The van der Waals surface area contributed by atoms with Crippen molar-refractivity contribution >= 4 is 11.4 Å². The van der Waals surface area contributed by atoms with E-state index in [9.17, 15) is 35.1 Å². The lowest BCUT2D eigenvalue weighted by molar-refractivity contribution is -0.274. The fraction of sp³-hybridized carbons (Fsp3) is 0.357. The largest absolute Gasteiger partial charge is 0.573 e. The summed E-state index contributed by atoms with van der Waals surface area (Å²) in [7, 11) is 0. The molecule has 0 bridgehead atoms. The highest BCUT2D eigenvalue weighted by atomic mass is 19.4. The molecule has 1 atom stereocenters. The van der Waals surface area contributed by atoms with E-state index < -0.39 is 49.1 Å². The first-order chi connectivity index (χ1) is 18.2. The summed E-state index contributed by atoms with van der Waals surface area (Å²) in [6.45, 7) is -1.10. The molecule has 2 heterocycles. The second kappa shape index (κ2) is 9.60. The van der Waals surface area contributed by atoms with E-state index in [2.05, 4.69) is 4.74 Å². The van der Waals surface area contributed by atoms with Crippen molar-refractivity contribution in [3.8, 4) is 5.75 Å². The van der Waals surface area contributed by atoms with Gasteiger partial charge in [0.05, 0.1) is 19.5 Å². The maximum Gasteiger partial charge on any atom is 0.573 e. The number of para-hydroxylation sites is 1. The lowest BCUT2D eigenvalue weighted by Crippen LogP contribution is -2.56. The highest BCUT2D eigenvalue weighted by molar-refractivity contribution is 5.67. The quantitative estimate of drug-likeness (QED) is 0.283. The van der Waals surface area contributed by atoms with Crippen LogP contribution in [0.25, 0.3) is 0 Å². The minimum atomic E-state index is -4.92. The number of rotatable bonds is 7. The Hall–Kier alpha value is -3.50. The van der Waals surface area contributed by atoms with Crippen molar-refractivity contribution in [3.05, 3.63) is 89.5 Å². The topological polar surface area (TPSA) is 15.7 Å². The predicted molar refractivity (Wildman–Crippen MR) is 131 cm³/mol. The number of hydrogen-bond donors (Lipinski definition) is 0. The summed E-state index contributed by atoms with van der Waals surface area (Å²) in [5.74, 6) is -3.22. The second-order valence-electron chi connectivity index (χ2n) is 10.0. The Balaban J connectivity index is 1.57. The van der Waals surface area contributed by atoms with Crippen LogP contribution in [-0.2, 0) is 11.8 Å². The highest BCUT2D eigenvalue weighted by Gasteiger charge is 2.46. The van der Waals surface area contributed by atoms with Gasteiger partial charge in [-0.1, -0.05) is 42.5 Å². The number of anilines is 2. The monoisotopic (exact) mass is 556 g/mol. The third-order valence-corrected chi connectivity index (χ3v) is 7.13. The number of halogens is 8. The molecule has 1 saturated heterocycles. The van der Waals surface area contributed by atoms with E-state index >= 15 is 0 Å². The number of benzene rings is 3. The SMILES string of the molecule is FC(F)(F)CCN1CC(Cc2cccc(N3CC(F)(F)C3)c2)(c2cccc(OC(F)(F)F)c2)c2ccccc21. The second-order valence-corrected chi connectivity index (χ2v) is 10.0. The number of ether oxygens (including phenoxy) is 1. The maximum atomic E-state index is 13.5. The van der Waals surface area contributed by atoms with Gasteiger partial charge in [0.25, 0.3) is 5.92 Å². The lowest BCUT2D eigenvalue weighted by Gasteiger charge is -2.40. The van der Waals surface area contributed by atoms with Crippen molar-refractivity contribution in [2.45, 2.75) is 36.7 Å². The van der Waals surface area contributed by atoms with Gasteiger partial charge in [0.1, 0.15) is 5.75 Å². The van der Waals surface area contributed by atoms with E-state index in [4.69, 9.17) is 0 Å². The Morgan fingerprint density at radius 3 is 2.21 bits per heavy atom. The molecule has 3 aromatic rings. The summed E-state index contributed by atoms with van der Waals surface area (Å²) in [5.41, 5.74) is 1.90. The molecule has 0 radical (unpaired) electrons. The molecule has 0 spiro atoms. The number of hydrogen-bond acceptors (Lipinski definition) is 3. The van der Waals surface area contributed by atoms with E-state index in [0.717, 1.165) is 6.07 Å². The molecule has 5 rings (SSSR count). The molecule has 2 aliphatic heterocycles. The van der Waals surface area contributed by atoms with Crippen LogP contribution < -0.4 is 14.5 Å². The third-order valence-electron chi connectivity index (χ3n) is 7.13. The molecule has 0 amide bonds. The van der Waals surface area contributed by atoms with Gasteiger partial charge in [0.15, 0.2) is 0 Å². The molecular weight excluding hydrogens is 532 g/mol. The molecule has 0 saturated carbocycles. The molecule has 0 aliphatic carbocycles. The first kappa shape index (κ1) is 27.1. The molecule has 208 valence electrons. The minimum Gasteiger partial charge on any atom is -0.406 e. The van der Waals surface area contributed by atoms with Crippen LogP contribution in [0.2, 0.25) is 0 Å². The summed E-state index contributed by atoms with van der Waals surface area (Å²) >= 11 is 0. The van der Waals surface area contributed by atoms with Crippen LogP contribution in [0.1, 0.15) is 23.1 Å². The van der Waals surface area contributed by atoms with Gasteiger partial charge < -0.3 is 14.5 Å². The van der Waals surface area contributed by atoms with Gasteiger partial charge in [-0.25, -0.2) is 8.78 Å². The van der Waals surface area contributed by atoms with E-state index in [1.165, 1.54) is 17.0 Å². The summed E-state index contributed by atoms with van der Waals surface area (Å²) < 4.78 is 110. The van der Waals surface area contributed by atoms with Crippen molar-refractivity contribution in [1.82, 2.24) is 0 Å². The lowest BCUT2D eigenvalue weighted by atomic mass is 9.71. The van der Waals surface area contributed by atoms with Crippen molar-refractivity contribution in [2.24, 2.45) is 0 Å². The van der Waals surface area contributed by atoms with Gasteiger partial charge in [0, 0.05) is 29.9 Å². The predicted octanol–water partition coefficient (Wildman–Crippen LogP) is 7.34. The first-order valence-electron chi connectivity index (χ1n) is 12.2. The Morgan fingerprint density at radius 1 is 0.795 bits per heavy atom. The van der Waals surface area contributed by atoms with Crippen molar-refractivity contribution in [1.29, 1.82) is 0 Å². The zero-order valence-corrected chi connectivity index (χ0v) is 20.5. The highest BCUT2D eigenvalue weighted by Crippen LogP contribution is 2.48. The molecule has 0 aromatic heterocycles. The molecular formula is C28H24F8N2O. The van der Waals surface area contributed by atoms with E-state index in [1.807, 2.05) is 0 Å². The average Bonchev–Trinajstić information content (AvgIpc) is 3.15. The molecule has 1 fully saturated rings. The van der Waals surface area contributed by atoms with Crippen LogP contribution in [0.3, 0.4) is 0 Å². The van der Waals surface area contributed by atoms with Crippen molar-refractivity contribution in [3.63, 3.8) is 0 Å². The minimum absolute atomic E-state index is 0.0733. The molecule has 1 unspecified atom stereocenters. The van der Waals surface area contributed by atoms with Crippen LogP contribution >= 0.6 is 0 Å². The average molecular weight is 556 g/mol. The first-order valence-corrected chi connectivity index (χ1v) is 12.2. The summed E-state index contributed by atoms with van der Waals surface area (Å²) in [4.78, 5) is 3.12. The zero-order chi connectivity index (χ0) is 28.1. The third kappa shape index (κ3) is 5.91. The van der Waals surface area contributed by atoms with Gasteiger partial charge >= 0.3 is 12.5 Å². The van der Waals surface area contributed by atoms with Gasteiger partial charge in [-0.15, -0.1) is 13.2 Å². The molecule has 2 aliphatic rings. The fourth-order valence-electron chi connectivity index (χ4n) is 5.51.